The molecule has 0 aromatic heterocycles. The first kappa shape index (κ1) is 14.7. The van der Waals surface area contributed by atoms with Gasteiger partial charge in [-0.05, 0) is 24.6 Å². The first-order valence-corrected chi connectivity index (χ1v) is 6.40. The second-order valence-electron chi connectivity index (χ2n) is 4.68. The zero-order chi connectivity index (χ0) is 15.4. The van der Waals surface area contributed by atoms with Crippen LogP contribution in [0.2, 0.25) is 0 Å². The van der Waals surface area contributed by atoms with Gasteiger partial charge in [-0.2, -0.15) is 5.26 Å². The van der Waals surface area contributed by atoms with E-state index in [1.54, 1.807) is 12.1 Å². The highest BCUT2D eigenvalue weighted by Crippen LogP contribution is 2.24. The van der Waals surface area contributed by atoms with Crippen LogP contribution in [0.4, 0.5) is 4.39 Å². The molecule has 0 fully saturated rings. The third-order valence-electron chi connectivity index (χ3n) is 3.24. The molecular weight excluding hydrogens is 269 g/mol. The molecule has 2 rings (SSSR count). The maximum Gasteiger partial charge on any atom is 0.187 e. The average Bonchev–Trinajstić information content (AvgIpc) is 2.49. The van der Waals surface area contributed by atoms with E-state index in [1.165, 1.54) is 19.2 Å². The van der Waals surface area contributed by atoms with Gasteiger partial charge in [0, 0.05) is 6.07 Å². The Morgan fingerprint density at radius 1 is 1.24 bits per heavy atom. The molecule has 0 saturated heterocycles. The SMILES string of the molecule is COc1ccc(C(=O)C(C#N)c2ccc(C)cc2)c(F)c1. The number of ketones is 1. The van der Waals surface area contributed by atoms with Crippen molar-refractivity contribution in [2.75, 3.05) is 7.11 Å². The largest absolute Gasteiger partial charge is 0.497 e. The van der Waals surface area contributed by atoms with Gasteiger partial charge in [0.25, 0.3) is 0 Å². The molecule has 0 saturated carbocycles. The zero-order valence-corrected chi connectivity index (χ0v) is 11.8. The number of hydrogen-bond donors (Lipinski definition) is 0. The van der Waals surface area contributed by atoms with Gasteiger partial charge in [-0.25, -0.2) is 4.39 Å². The minimum Gasteiger partial charge on any atom is -0.497 e. The Balaban J connectivity index is 2.37. The lowest BCUT2D eigenvalue weighted by atomic mass is 9.91. The molecule has 0 radical (unpaired) electrons. The van der Waals surface area contributed by atoms with Crippen molar-refractivity contribution in [1.82, 2.24) is 0 Å². The Hall–Kier alpha value is -2.67. The normalized spacial score (nSPS) is 11.5. The Labute approximate surface area is 122 Å². The van der Waals surface area contributed by atoms with Crippen LogP contribution in [-0.2, 0) is 0 Å². The van der Waals surface area contributed by atoms with E-state index in [0.717, 1.165) is 11.6 Å². The summed E-state index contributed by atoms with van der Waals surface area (Å²) >= 11 is 0. The summed E-state index contributed by atoms with van der Waals surface area (Å²) < 4.78 is 18.9. The van der Waals surface area contributed by atoms with E-state index < -0.39 is 17.5 Å². The Bertz CT molecular complexity index is 702. The minimum absolute atomic E-state index is 0.108. The van der Waals surface area contributed by atoms with Crippen molar-refractivity contribution in [2.24, 2.45) is 0 Å². The highest BCUT2D eigenvalue weighted by Gasteiger charge is 2.24. The third kappa shape index (κ3) is 3.09. The number of nitrogens with zero attached hydrogens (tertiary/aromatic N) is 1. The van der Waals surface area contributed by atoms with Crippen molar-refractivity contribution < 1.29 is 13.9 Å². The Morgan fingerprint density at radius 3 is 2.43 bits per heavy atom. The second kappa shape index (κ2) is 6.19. The molecule has 2 aromatic carbocycles. The van der Waals surface area contributed by atoms with Gasteiger partial charge < -0.3 is 4.74 Å². The zero-order valence-electron chi connectivity index (χ0n) is 11.8. The number of halogens is 1. The predicted molar refractivity (Wildman–Crippen MR) is 76.8 cm³/mol. The number of benzene rings is 2. The molecule has 0 aliphatic heterocycles. The maximum absolute atomic E-state index is 14.0. The number of methoxy groups -OCH3 is 1. The van der Waals surface area contributed by atoms with Crippen LogP contribution < -0.4 is 4.74 Å². The lowest BCUT2D eigenvalue weighted by molar-refractivity contribution is 0.0975. The molecule has 0 spiro atoms. The van der Waals surface area contributed by atoms with E-state index in [4.69, 9.17) is 4.74 Å². The Kier molecular flexibility index (Phi) is 4.34. The third-order valence-corrected chi connectivity index (χ3v) is 3.24. The van der Waals surface area contributed by atoms with Gasteiger partial charge in [0.2, 0.25) is 0 Å². The fourth-order valence-electron chi connectivity index (χ4n) is 2.02. The summed E-state index contributed by atoms with van der Waals surface area (Å²) in [7, 11) is 1.42. The Morgan fingerprint density at radius 2 is 1.90 bits per heavy atom. The molecule has 0 aliphatic rings. The second-order valence-corrected chi connectivity index (χ2v) is 4.68. The summed E-state index contributed by atoms with van der Waals surface area (Å²) in [6.45, 7) is 1.91. The van der Waals surface area contributed by atoms with Crippen LogP contribution in [0.1, 0.15) is 27.4 Å². The van der Waals surface area contributed by atoms with E-state index in [0.29, 0.717) is 11.3 Å². The van der Waals surface area contributed by atoms with Crippen LogP contribution >= 0.6 is 0 Å². The van der Waals surface area contributed by atoms with Crippen molar-refractivity contribution in [1.29, 1.82) is 5.26 Å². The number of Topliss-reactive ketones (excluding diaryl/α,β-unsaturated/α-hetero) is 1. The van der Waals surface area contributed by atoms with Gasteiger partial charge in [0.1, 0.15) is 17.5 Å². The van der Waals surface area contributed by atoms with Crippen molar-refractivity contribution in [3.8, 4) is 11.8 Å². The van der Waals surface area contributed by atoms with Gasteiger partial charge >= 0.3 is 0 Å². The van der Waals surface area contributed by atoms with Gasteiger partial charge in [-0.15, -0.1) is 0 Å². The summed E-state index contributed by atoms with van der Waals surface area (Å²) in [6.07, 6.45) is 0. The number of ether oxygens (including phenoxy) is 1. The molecule has 3 nitrogen and oxygen atoms in total. The van der Waals surface area contributed by atoms with Crippen molar-refractivity contribution in [3.05, 3.63) is 65.0 Å². The molecule has 4 heteroatoms. The molecule has 21 heavy (non-hydrogen) atoms. The van der Waals surface area contributed by atoms with E-state index in [2.05, 4.69) is 0 Å². The van der Waals surface area contributed by atoms with Gasteiger partial charge in [-0.1, -0.05) is 29.8 Å². The van der Waals surface area contributed by atoms with Crippen molar-refractivity contribution >= 4 is 5.78 Å². The molecule has 106 valence electrons. The summed E-state index contributed by atoms with van der Waals surface area (Å²) in [5.41, 5.74) is 1.48. The number of hydrogen-bond acceptors (Lipinski definition) is 3. The molecular formula is C17H14FNO2. The molecule has 0 heterocycles. The van der Waals surface area contributed by atoms with Crippen LogP contribution in [0.3, 0.4) is 0 Å². The van der Waals surface area contributed by atoms with Crippen LogP contribution in [0.5, 0.6) is 5.75 Å². The number of carbonyl (C=O) groups is 1. The van der Waals surface area contributed by atoms with Gasteiger partial charge in [-0.3, -0.25) is 4.79 Å². The van der Waals surface area contributed by atoms with E-state index in [-0.39, 0.29) is 5.56 Å². The number of rotatable bonds is 4. The van der Waals surface area contributed by atoms with Crippen molar-refractivity contribution in [2.45, 2.75) is 12.8 Å². The fourth-order valence-corrected chi connectivity index (χ4v) is 2.02. The highest BCUT2D eigenvalue weighted by atomic mass is 19.1. The molecule has 2 aromatic rings. The molecule has 1 atom stereocenters. The summed E-state index contributed by atoms with van der Waals surface area (Å²) in [5, 5.41) is 9.25. The fraction of sp³-hybridized carbons (Fsp3) is 0.176. The maximum atomic E-state index is 14.0. The number of nitriles is 1. The predicted octanol–water partition coefficient (Wildman–Crippen LogP) is 3.63. The van der Waals surface area contributed by atoms with Gasteiger partial charge in [0.15, 0.2) is 5.78 Å². The standard InChI is InChI=1S/C17H14FNO2/c1-11-3-5-12(6-4-11)15(10-19)17(20)14-8-7-13(21-2)9-16(14)18/h3-9,15H,1-2H3. The molecule has 0 bridgehead atoms. The summed E-state index contributed by atoms with van der Waals surface area (Å²) in [5.74, 6) is -1.94. The van der Waals surface area contributed by atoms with Crippen LogP contribution in [-0.4, -0.2) is 12.9 Å². The summed E-state index contributed by atoms with van der Waals surface area (Å²) in [4.78, 5) is 12.4. The van der Waals surface area contributed by atoms with E-state index in [9.17, 15) is 14.4 Å². The van der Waals surface area contributed by atoms with Crippen LogP contribution in [0.25, 0.3) is 0 Å². The number of aryl methyl sites for hydroxylation is 1. The van der Waals surface area contributed by atoms with Crippen LogP contribution in [0, 0.1) is 24.1 Å². The molecule has 0 aliphatic carbocycles. The lowest BCUT2D eigenvalue weighted by Gasteiger charge is -2.10. The first-order valence-electron chi connectivity index (χ1n) is 6.40. The average molecular weight is 283 g/mol. The minimum atomic E-state index is -1.02. The van der Waals surface area contributed by atoms with Crippen molar-refractivity contribution in [3.63, 3.8) is 0 Å². The molecule has 1 unspecified atom stereocenters. The highest BCUT2D eigenvalue weighted by molar-refractivity contribution is 6.03. The van der Waals surface area contributed by atoms with Crippen LogP contribution in [0.15, 0.2) is 42.5 Å². The monoisotopic (exact) mass is 283 g/mol. The number of carbonyl (C=O) groups excluding carboxylic acids is 1. The topological polar surface area (TPSA) is 50.1 Å². The quantitative estimate of drug-likeness (QED) is 0.805. The lowest BCUT2D eigenvalue weighted by Crippen LogP contribution is -2.13. The smallest absolute Gasteiger partial charge is 0.187 e. The molecule has 0 amide bonds. The van der Waals surface area contributed by atoms with E-state index >= 15 is 0 Å². The summed E-state index contributed by atoms with van der Waals surface area (Å²) in [6, 6.07) is 13.0. The van der Waals surface area contributed by atoms with E-state index in [1.807, 2.05) is 25.1 Å². The van der Waals surface area contributed by atoms with Gasteiger partial charge in [0.05, 0.1) is 18.7 Å². The first-order chi connectivity index (χ1) is 10.1. The molecule has 0 N–H and O–H groups in total.